The highest BCUT2D eigenvalue weighted by Gasteiger charge is 2.21. The number of carboxylic acids is 1. The average Bonchev–Trinajstić information content (AvgIpc) is 2.50. The number of carbonyl (C=O) groups is 2. The lowest BCUT2D eigenvalue weighted by molar-refractivity contribution is -0.139. The van der Waals surface area contributed by atoms with E-state index in [4.69, 9.17) is 9.84 Å². The van der Waals surface area contributed by atoms with Crippen LogP contribution in [0.5, 0.6) is 0 Å². The molecule has 0 aliphatic carbocycles. The average molecular weight is 292 g/mol. The van der Waals surface area contributed by atoms with Crippen LogP contribution in [0.4, 0.5) is 0 Å². The topological polar surface area (TPSA) is 87.7 Å². The van der Waals surface area contributed by atoms with Crippen LogP contribution in [0.3, 0.4) is 0 Å². The highest BCUT2D eigenvalue weighted by Crippen LogP contribution is 2.16. The van der Waals surface area contributed by atoms with Gasteiger partial charge in [-0.05, 0) is 36.2 Å². The molecular weight excluding hydrogens is 272 g/mol. The molecule has 21 heavy (non-hydrogen) atoms. The van der Waals surface area contributed by atoms with Gasteiger partial charge < -0.3 is 20.5 Å². The summed E-state index contributed by atoms with van der Waals surface area (Å²) in [7, 11) is 1.50. The van der Waals surface area contributed by atoms with Gasteiger partial charge in [-0.3, -0.25) is 4.79 Å². The second-order valence-corrected chi connectivity index (χ2v) is 5.06. The number of amides is 1. The van der Waals surface area contributed by atoms with E-state index in [9.17, 15) is 9.59 Å². The maximum absolute atomic E-state index is 12.2. The fourth-order valence-corrected chi connectivity index (χ4v) is 2.36. The smallest absolute Gasteiger partial charge is 0.326 e. The highest BCUT2D eigenvalue weighted by molar-refractivity contribution is 5.96. The zero-order chi connectivity index (χ0) is 15.2. The second kappa shape index (κ2) is 7.19. The Morgan fingerprint density at radius 3 is 2.95 bits per heavy atom. The molecule has 1 unspecified atom stereocenters. The molecule has 6 heteroatoms. The zero-order valence-electron chi connectivity index (χ0n) is 12.0. The summed E-state index contributed by atoms with van der Waals surface area (Å²) in [6.45, 7) is 1.96. The van der Waals surface area contributed by atoms with E-state index in [1.165, 1.54) is 12.7 Å². The lowest BCUT2D eigenvalue weighted by Crippen LogP contribution is -2.41. The molecule has 0 aromatic heterocycles. The van der Waals surface area contributed by atoms with Crippen LogP contribution in [0.15, 0.2) is 18.2 Å². The molecule has 2 rings (SSSR count). The number of rotatable bonds is 6. The van der Waals surface area contributed by atoms with Crippen molar-refractivity contribution in [2.75, 3.05) is 20.3 Å². The fourth-order valence-electron chi connectivity index (χ4n) is 2.36. The maximum atomic E-state index is 12.2. The Hall–Kier alpha value is -1.92. The molecular formula is C15H20N2O4. The third kappa shape index (κ3) is 4.03. The summed E-state index contributed by atoms with van der Waals surface area (Å²) in [5, 5.41) is 14.9. The summed E-state index contributed by atoms with van der Waals surface area (Å²) in [4.78, 5) is 23.3. The van der Waals surface area contributed by atoms with Crippen molar-refractivity contribution in [3.8, 4) is 0 Å². The fraction of sp³-hybridized carbons (Fsp3) is 0.467. The van der Waals surface area contributed by atoms with Crippen LogP contribution < -0.4 is 10.6 Å². The molecule has 1 atom stereocenters. The Kier molecular flexibility index (Phi) is 5.30. The van der Waals surface area contributed by atoms with E-state index in [2.05, 4.69) is 10.6 Å². The Morgan fingerprint density at radius 1 is 1.43 bits per heavy atom. The zero-order valence-corrected chi connectivity index (χ0v) is 12.0. The standard InChI is InChI=1S/C15H20N2O4/c1-21-7-5-13(15(19)20)17-14(18)11-3-2-10-4-6-16-9-12(10)8-11/h2-3,8,13,16H,4-7,9H2,1H3,(H,17,18)(H,19,20). The molecule has 0 spiro atoms. The normalized spacial score (nSPS) is 15.1. The van der Waals surface area contributed by atoms with Crippen LogP contribution in [0.25, 0.3) is 0 Å². The summed E-state index contributed by atoms with van der Waals surface area (Å²) in [5.41, 5.74) is 2.82. The Balaban J connectivity index is 2.06. The number of carbonyl (C=O) groups excluding carboxylic acids is 1. The van der Waals surface area contributed by atoms with Crippen LogP contribution in [0, 0.1) is 0 Å². The van der Waals surface area contributed by atoms with E-state index in [-0.39, 0.29) is 18.9 Å². The van der Waals surface area contributed by atoms with Gasteiger partial charge in [0.1, 0.15) is 6.04 Å². The van der Waals surface area contributed by atoms with Crippen molar-refractivity contribution in [2.45, 2.75) is 25.4 Å². The molecule has 1 amide bonds. The number of aliphatic carboxylic acids is 1. The van der Waals surface area contributed by atoms with Gasteiger partial charge in [0.25, 0.3) is 5.91 Å². The first-order chi connectivity index (χ1) is 10.1. The SMILES string of the molecule is COCCC(NC(=O)c1ccc2c(c1)CNCC2)C(=O)O. The van der Waals surface area contributed by atoms with Crippen molar-refractivity contribution in [1.82, 2.24) is 10.6 Å². The summed E-state index contributed by atoms with van der Waals surface area (Å²) >= 11 is 0. The molecule has 114 valence electrons. The van der Waals surface area contributed by atoms with Crippen molar-refractivity contribution in [3.05, 3.63) is 34.9 Å². The highest BCUT2D eigenvalue weighted by atomic mass is 16.5. The van der Waals surface area contributed by atoms with Gasteiger partial charge >= 0.3 is 5.97 Å². The van der Waals surface area contributed by atoms with Crippen molar-refractivity contribution in [1.29, 1.82) is 0 Å². The summed E-state index contributed by atoms with van der Waals surface area (Å²) in [6.07, 6.45) is 1.19. The molecule has 6 nitrogen and oxygen atoms in total. The molecule has 0 radical (unpaired) electrons. The predicted octanol–water partition coefficient (Wildman–Crippen LogP) is 0.552. The summed E-state index contributed by atoms with van der Waals surface area (Å²) < 4.78 is 4.86. The first-order valence-electron chi connectivity index (χ1n) is 6.97. The minimum Gasteiger partial charge on any atom is -0.480 e. The van der Waals surface area contributed by atoms with Gasteiger partial charge in [-0.15, -0.1) is 0 Å². The van der Waals surface area contributed by atoms with Crippen LogP contribution >= 0.6 is 0 Å². The van der Waals surface area contributed by atoms with Gasteiger partial charge in [0, 0.05) is 32.2 Å². The molecule has 0 bridgehead atoms. The first-order valence-corrected chi connectivity index (χ1v) is 6.97. The van der Waals surface area contributed by atoms with Crippen molar-refractivity contribution < 1.29 is 19.4 Å². The summed E-state index contributed by atoms with van der Waals surface area (Å²) in [6, 6.07) is 4.57. The van der Waals surface area contributed by atoms with Gasteiger partial charge in [0.2, 0.25) is 0 Å². The first kappa shape index (κ1) is 15.5. The van der Waals surface area contributed by atoms with Gasteiger partial charge in [-0.25, -0.2) is 4.79 Å². The van der Waals surface area contributed by atoms with Crippen molar-refractivity contribution in [2.24, 2.45) is 0 Å². The van der Waals surface area contributed by atoms with Gasteiger partial charge in [-0.1, -0.05) is 6.07 Å². The Labute approximate surface area is 123 Å². The molecule has 1 aromatic rings. The molecule has 0 fully saturated rings. The molecule has 0 saturated carbocycles. The Bertz CT molecular complexity index is 530. The monoisotopic (exact) mass is 292 g/mol. The predicted molar refractivity (Wildman–Crippen MR) is 77.2 cm³/mol. The van der Waals surface area contributed by atoms with E-state index >= 15 is 0 Å². The number of benzene rings is 1. The Morgan fingerprint density at radius 2 is 2.24 bits per heavy atom. The largest absolute Gasteiger partial charge is 0.480 e. The van der Waals surface area contributed by atoms with E-state index < -0.39 is 12.0 Å². The van der Waals surface area contributed by atoms with E-state index in [0.717, 1.165) is 25.1 Å². The number of carboxylic acid groups (broad SMARTS) is 1. The minimum absolute atomic E-state index is 0.240. The van der Waals surface area contributed by atoms with Gasteiger partial charge in [0.15, 0.2) is 0 Å². The van der Waals surface area contributed by atoms with Crippen LogP contribution in [0.1, 0.15) is 27.9 Å². The maximum Gasteiger partial charge on any atom is 0.326 e. The second-order valence-electron chi connectivity index (χ2n) is 5.06. The molecule has 3 N–H and O–H groups in total. The van der Waals surface area contributed by atoms with Crippen molar-refractivity contribution >= 4 is 11.9 Å². The van der Waals surface area contributed by atoms with Gasteiger partial charge in [0.05, 0.1) is 0 Å². The third-order valence-electron chi connectivity index (χ3n) is 3.57. The number of methoxy groups -OCH3 is 1. The summed E-state index contributed by atoms with van der Waals surface area (Å²) in [5.74, 6) is -1.42. The van der Waals surface area contributed by atoms with Gasteiger partial charge in [-0.2, -0.15) is 0 Å². The van der Waals surface area contributed by atoms with E-state index in [1.807, 2.05) is 12.1 Å². The molecule has 1 aromatic carbocycles. The number of nitrogens with one attached hydrogen (secondary N) is 2. The van der Waals surface area contributed by atoms with E-state index in [1.54, 1.807) is 6.07 Å². The molecule has 1 heterocycles. The number of hydrogen-bond donors (Lipinski definition) is 3. The third-order valence-corrected chi connectivity index (χ3v) is 3.57. The lowest BCUT2D eigenvalue weighted by Gasteiger charge is -2.18. The number of hydrogen-bond acceptors (Lipinski definition) is 4. The molecule has 0 saturated heterocycles. The molecule has 1 aliphatic heterocycles. The molecule has 1 aliphatic rings. The number of ether oxygens (including phenoxy) is 1. The van der Waals surface area contributed by atoms with Crippen LogP contribution in [0.2, 0.25) is 0 Å². The van der Waals surface area contributed by atoms with Crippen molar-refractivity contribution in [3.63, 3.8) is 0 Å². The minimum atomic E-state index is -1.06. The quantitative estimate of drug-likeness (QED) is 0.713. The number of fused-ring (bicyclic) bond motifs is 1. The van der Waals surface area contributed by atoms with Crippen LogP contribution in [-0.4, -0.2) is 43.3 Å². The van der Waals surface area contributed by atoms with Crippen LogP contribution in [-0.2, 0) is 22.5 Å². The van der Waals surface area contributed by atoms with E-state index in [0.29, 0.717) is 5.56 Å². The lowest BCUT2D eigenvalue weighted by atomic mass is 9.98.